The van der Waals surface area contributed by atoms with Crippen molar-refractivity contribution < 1.29 is 40.5 Å². The lowest BCUT2D eigenvalue weighted by atomic mass is 10.2. The Hall–Kier alpha value is -3.08. The van der Waals surface area contributed by atoms with Gasteiger partial charge < -0.3 is 23.5 Å². The number of hydrogen-bond acceptors (Lipinski definition) is 11. The molecule has 17 heteroatoms. The van der Waals surface area contributed by atoms with Crippen molar-refractivity contribution in [2.24, 2.45) is 0 Å². The average molecular weight is 635 g/mol. The molecule has 1 aliphatic heterocycles. The zero-order chi connectivity index (χ0) is 30.7. The Balaban J connectivity index is 1.72. The second kappa shape index (κ2) is 13.1. The molecular weight excluding hydrogens is 605 g/mol. The number of halogens is 4. The summed E-state index contributed by atoms with van der Waals surface area (Å²) in [5, 5.41) is 7.54. The Morgan fingerprint density at radius 2 is 1.86 bits per heavy atom. The van der Waals surface area contributed by atoms with Gasteiger partial charge in [-0.2, -0.15) is 13.2 Å². The first-order valence-electron chi connectivity index (χ1n) is 13.0. The van der Waals surface area contributed by atoms with Crippen LogP contribution in [0.5, 0.6) is 11.5 Å². The number of aromatic nitrogens is 6. The van der Waals surface area contributed by atoms with Crippen LogP contribution in [0.2, 0.25) is 5.02 Å². The van der Waals surface area contributed by atoms with Crippen LogP contribution in [-0.4, -0.2) is 82.1 Å². The summed E-state index contributed by atoms with van der Waals surface area (Å²) >= 11 is 5.92. The lowest BCUT2D eigenvalue weighted by Crippen LogP contribution is -2.32. The smallest absolute Gasteiger partial charge is 0.422 e. The van der Waals surface area contributed by atoms with Crippen LogP contribution in [0.3, 0.4) is 0 Å². The van der Waals surface area contributed by atoms with Gasteiger partial charge >= 0.3 is 6.18 Å². The number of ether oxygens (including phenoxy) is 4. The predicted octanol–water partition coefficient (Wildman–Crippen LogP) is 4.16. The number of alkyl halides is 3. The van der Waals surface area contributed by atoms with Gasteiger partial charge in [-0.25, -0.2) is 18.4 Å². The summed E-state index contributed by atoms with van der Waals surface area (Å²) in [5.41, 5.74) is 0.188. The van der Waals surface area contributed by atoms with E-state index in [1.807, 2.05) is 0 Å². The molecule has 3 aromatic heterocycles. The van der Waals surface area contributed by atoms with Crippen molar-refractivity contribution in [2.45, 2.75) is 63.1 Å². The van der Waals surface area contributed by atoms with Gasteiger partial charge in [0.25, 0.3) is 0 Å². The molecule has 0 radical (unpaired) electrons. The third-order valence-electron chi connectivity index (χ3n) is 6.20. The van der Waals surface area contributed by atoms with E-state index in [1.165, 1.54) is 25.5 Å². The van der Waals surface area contributed by atoms with Gasteiger partial charge in [0.15, 0.2) is 39.6 Å². The molecule has 1 aliphatic rings. The van der Waals surface area contributed by atoms with E-state index in [0.29, 0.717) is 6.61 Å². The minimum atomic E-state index is -4.59. The molecule has 3 atom stereocenters. The zero-order valence-electron chi connectivity index (χ0n) is 23.2. The summed E-state index contributed by atoms with van der Waals surface area (Å²) in [6, 6.07) is -0.624. The topological polar surface area (TPSA) is 140 Å². The van der Waals surface area contributed by atoms with Gasteiger partial charge in [-0.1, -0.05) is 11.6 Å². The van der Waals surface area contributed by atoms with Crippen LogP contribution in [0.15, 0.2) is 24.8 Å². The molecule has 0 saturated carbocycles. The minimum absolute atomic E-state index is 0.0186. The lowest BCUT2D eigenvalue weighted by molar-refractivity contribution is -0.153. The molecular formula is C25H30ClF3N6O6S. The van der Waals surface area contributed by atoms with Crippen LogP contribution in [0.1, 0.15) is 51.5 Å². The van der Waals surface area contributed by atoms with E-state index in [0.717, 1.165) is 6.20 Å². The molecule has 0 aliphatic carbocycles. The van der Waals surface area contributed by atoms with E-state index < -0.39 is 45.8 Å². The van der Waals surface area contributed by atoms with Crippen molar-refractivity contribution in [2.75, 3.05) is 26.4 Å². The fourth-order valence-corrected chi connectivity index (χ4v) is 5.74. The number of pyridine rings is 1. The lowest BCUT2D eigenvalue weighted by Gasteiger charge is -2.25. The molecule has 42 heavy (non-hydrogen) atoms. The first kappa shape index (κ1) is 31.8. The standard InChI is InChI=1S/C25H30ClF3N6O6S/c1-5-38-10-17-11-39-22-18(8-30-9-19(22)40-13-25(27,28)29)24-34-33-20(35(17)24)12-42(36,37)15(4)21(41-14(2)3)23-31-6-16(26)7-32-23/h6-9,14-15,17,21H,5,10-13H2,1-4H3/t15-,17-,21+/m0/s1. The summed E-state index contributed by atoms with van der Waals surface area (Å²) in [6.07, 6.45) is -0.790. The van der Waals surface area contributed by atoms with Crippen LogP contribution in [0.25, 0.3) is 11.4 Å². The SMILES string of the molecule is CCOC[C@H]1COc2c(OCC(F)(F)F)cncc2-c2nnc(CS(=O)(=O)[C@@H](C)[C@@H](OC(C)C)c3ncc(Cl)cn3)n21. The number of fused-ring (bicyclic) bond motifs is 3. The Morgan fingerprint density at radius 1 is 1.14 bits per heavy atom. The highest BCUT2D eigenvalue weighted by Gasteiger charge is 2.38. The predicted molar refractivity (Wildman–Crippen MR) is 144 cm³/mol. The van der Waals surface area contributed by atoms with E-state index in [2.05, 4.69) is 25.1 Å². The van der Waals surface area contributed by atoms with Crippen LogP contribution in [-0.2, 0) is 25.1 Å². The van der Waals surface area contributed by atoms with Crippen molar-refractivity contribution in [3.05, 3.63) is 41.5 Å². The molecule has 0 fully saturated rings. The highest BCUT2D eigenvalue weighted by atomic mass is 35.5. The molecule has 0 spiro atoms. The quantitative estimate of drug-likeness (QED) is 0.283. The van der Waals surface area contributed by atoms with Crippen molar-refractivity contribution >= 4 is 21.4 Å². The second-order valence-corrected chi connectivity index (χ2v) is 12.5. The third-order valence-corrected chi connectivity index (χ3v) is 8.43. The maximum absolute atomic E-state index is 13.8. The summed E-state index contributed by atoms with van der Waals surface area (Å²) in [4.78, 5) is 12.3. The van der Waals surface area contributed by atoms with Crippen molar-refractivity contribution in [3.63, 3.8) is 0 Å². The van der Waals surface area contributed by atoms with Gasteiger partial charge in [0, 0.05) is 25.2 Å². The fourth-order valence-electron chi connectivity index (χ4n) is 4.26. The van der Waals surface area contributed by atoms with E-state index in [9.17, 15) is 21.6 Å². The first-order valence-corrected chi connectivity index (χ1v) is 15.1. The molecule has 4 rings (SSSR count). The Labute approximate surface area is 245 Å². The zero-order valence-corrected chi connectivity index (χ0v) is 24.8. The average Bonchev–Trinajstić information content (AvgIpc) is 3.24. The highest BCUT2D eigenvalue weighted by Crippen LogP contribution is 2.41. The monoisotopic (exact) mass is 634 g/mol. The summed E-state index contributed by atoms with van der Waals surface area (Å²) in [7, 11) is -3.99. The van der Waals surface area contributed by atoms with Crippen LogP contribution >= 0.6 is 11.6 Å². The van der Waals surface area contributed by atoms with Gasteiger partial charge in [-0.3, -0.25) is 4.98 Å². The normalized spacial score (nSPS) is 16.7. The van der Waals surface area contributed by atoms with Gasteiger partial charge in [0.05, 0.1) is 40.8 Å². The molecule has 12 nitrogen and oxygen atoms in total. The molecule has 0 N–H and O–H groups in total. The van der Waals surface area contributed by atoms with Crippen LogP contribution in [0, 0.1) is 0 Å². The Bertz CT molecular complexity index is 1470. The molecule has 0 bridgehead atoms. The molecule has 0 saturated heterocycles. The number of sulfone groups is 1. The molecule has 3 aromatic rings. The number of hydrogen-bond donors (Lipinski definition) is 0. The van der Waals surface area contributed by atoms with E-state index in [1.54, 1.807) is 25.3 Å². The summed E-state index contributed by atoms with van der Waals surface area (Å²) in [5.74, 6) is -0.447. The second-order valence-electron chi connectivity index (χ2n) is 9.73. The van der Waals surface area contributed by atoms with Crippen molar-refractivity contribution in [1.29, 1.82) is 0 Å². The Kier molecular flexibility index (Phi) is 9.90. The highest BCUT2D eigenvalue weighted by molar-refractivity contribution is 7.91. The largest absolute Gasteiger partial charge is 0.487 e. The number of nitrogens with zero attached hydrogens (tertiary/aromatic N) is 6. The molecule has 0 aromatic carbocycles. The van der Waals surface area contributed by atoms with Crippen LogP contribution < -0.4 is 9.47 Å². The Morgan fingerprint density at radius 3 is 2.50 bits per heavy atom. The number of rotatable bonds is 12. The maximum atomic E-state index is 13.8. The molecule has 4 heterocycles. The first-order chi connectivity index (χ1) is 19.8. The van der Waals surface area contributed by atoms with E-state index in [4.69, 9.17) is 30.5 Å². The van der Waals surface area contributed by atoms with E-state index in [-0.39, 0.29) is 58.9 Å². The van der Waals surface area contributed by atoms with Crippen molar-refractivity contribution in [1.82, 2.24) is 29.7 Å². The summed E-state index contributed by atoms with van der Waals surface area (Å²) in [6.45, 7) is 5.59. The van der Waals surface area contributed by atoms with Gasteiger partial charge in [-0.15, -0.1) is 10.2 Å². The van der Waals surface area contributed by atoms with Gasteiger partial charge in [-0.05, 0) is 27.7 Å². The van der Waals surface area contributed by atoms with Gasteiger partial charge in [0.1, 0.15) is 24.3 Å². The minimum Gasteiger partial charge on any atom is -0.487 e. The molecule has 0 amide bonds. The molecule has 0 unspecified atom stereocenters. The van der Waals surface area contributed by atoms with Crippen LogP contribution in [0.4, 0.5) is 13.2 Å². The van der Waals surface area contributed by atoms with E-state index >= 15 is 0 Å². The fraction of sp³-hybridized carbons (Fsp3) is 0.560. The van der Waals surface area contributed by atoms with Crippen molar-refractivity contribution in [3.8, 4) is 22.9 Å². The molecule has 230 valence electrons. The third kappa shape index (κ3) is 7.46. The maximum Gasteiger partial charge on any atom is 0.422 e. The van der Waals surface area contributed by atoms with Gasteiger partial charge in [0.2, 0.25) is 0 Å². The summed E-state index contributed by atoms with van der Waals surface area (Å²) < 4.78 is 90.1.